The summed E-state index contributed by atoms with van der Waals surface area (Å²) in [6.07, 6.45) is -4.29. The van der Waals surface area contributed by atoms with Crippen LogP contribution in [0, 0.1) is 6.92 Å². The molecule has 1 rings (SSSR count). The van der Waals surface area contributed by atoms with Gasteiger partial charge in [0.15, 0.2) is 0 Å². The largest absolute Gasteiger partial charge is 0.396 e. The Labute approximate surface area is 94.6 Å². The average molecular weight is 282 g/mol. The zero-order valence-corrected chi connectivity index (χ0v) is 9.69. The van der Waals surface area contributed by atoms with E-state index in [1.165, 1.54) is 6.07 Å². The molecule has 1 aromatic carbocycles. The summed E-state index contributed by atoms with van der Waals surface area (Å²) in [6.45, 7) is 1.22. The summed E-state index contributed by atoms with van der Waals surface area (Å²) in [7, 11) is 0. The third-order valence-electron chi connectivity index (χ3n) is 2.32. The van der Waals surface area contributed by atoms with E-state index in [1.807, 2.05) is 0 Å². The van der Waals surface area contributed by atoms with Crippen LogP contribution in [0.5, 0.6) is 0 Å². The molecule has 0 aliphatic carbocycles. The number of benzene rings is 1. The van der Waals surface area contributed by atoms with E-state index in [0.29, 0.717) is 10.0 Å². The van der Waals surface area contributed by atoms with Gasteiger partial charge in [0, 0.05) is 11.0 Å². The van der Waals surface area contributed by atoms with Crippen LogP contribution in [0.3, 0.4) is 0 Å². The second kappa shape index (κ2) is 4.53. The molecular formula is C10H11BrF3N. The lowest BCUT2D eigenvalue weighted by Gasteiger charge is -2.21. The summed E-state index contributed by atoms with van der Waals surface area (Å²) in [5, 5.41) is 0. The van der Waals surface area contributed by atoms with Crippen LogP contribution in [0.2, 0.25) is 0 Å². The molecule has 0 saturated heterocycles. The number of nitrogens with two attached hydrogens (primary N) is 1. The van der Waals surface area contributed by atoms with Crippen molar-refractivity contribution in [3.05, 3.63) is 33.8 Å². The third kappa shape index (κ3) is 2.72. The summed E-state index contributed by atoms with van der Waals surface area (Å²) in [5.41, 5.74) is 6.00. The lowest BCUT2D eigenvalue weighted by Crippen LogP contribution is -2.28. The van der Waals surface area contributed by atoms with Crippen LogP contribution in [-0.2, 0) is 0 Å². The summed E-state index contributed by atoms with van der Waals surface area (Å²) in [4.78, 5) is 0. The highest BCUT2D eigenvalue weighted by atomic mass is 79.9. The first-order valence-electron chi connectivity index (χ1n) is 4.39. The van der Waals surface area contributed by atoms with Gasteiger partial charge in [-0.3, -0.25) is 0 Å². The first-order valence-corrected chi connectivity index (χ1v) is 5.19. The van der Waals surface area contributed by atoms with Crippen molar-refractivity contribution in [3.63, 3.8) is 0 Å². The standard InChI is InChI=1S/C10H11BrF3N/c1-6-7(3-2-4-9(6)11)8(5-15)10(12,13)14/h2-4,8H,5,15H2,1H3. The molecular weight excluding hydrogens is 271 g/mol. The summed E-state index contributed by atoms with van der Waals surface area (Å²) in [5.74, 6) is -1.59. The Morgan fingerprint density at radius 1 is 1.40 bits per heavy atom. The first kappa shape index (κ1) is 12.5. The average Bonchev–Trinajstić information content (AvgIpc) is 2.11. The highest BCUT2D eigenvalue weighted by molar-refractivity contribution is 9.10. The SMILES string of the molecule is Cc1c(Br)cccc1C(CN)C(F)(F)F. The fourth-order valence-corrected chi connectivity index (χ4v) is 1.82. The molecule has 1 nitrogen and oxygen atoms in total. The minimum atomic E-state index is -4.29. The molecule has 0 spiro atoms. The zero-order valence-electron chi connectivity index (χ0n) is 8.11. The van der Waals surface area contributed by atoms with Gasteiger partial charge < -0.3 is 5.73 Å². The number of hydrogen-bond acceptors (Lipinski definition) is 1. The fourth-order valence-electron chi connectivity index (χ4n) is 1.44. The molecule has 15 heavy (non-hydrogen) atoms. The molecule has 0 bridgehead atoms. The van der Waals surface area contributed by atoms with Crippen LogP contribution in [0.25, 0.3) is 0 Å². The van der Waals surface area contributed by atoms with Gasteiger partial charge in [0.2, 0.25) is 0 Å². The number of halogens is 4. The summed E-state index contributed by atoms with van der Waals surface area (Å²) in [6, 6.07) is 4.76. The van der Waals surface area contributed by atoms with Crippen LogP contribution in [-0.4, -0.2) is 12.7 Å². The highest BCUT2D eigenvalue weighted by Gasteiger charge is 2.40. The van der Waals surface area contributed by atoms with Gasteiger partial charge in [-0.05, 0) is 24.1 Å². The predicted molar refractivity (Wildman–Crippen MR) is 56.7 cm³/mol. The second-order valence-corrected chi connectivity index (χ2v) is 4.14. The molecule has 0 saturated carbocycles. The monoisotopic (exact) mass is 281 g/mol. The Morgan fingerprint density at radius 3 is 2.47 bits per heavy atom. The van der Waals surface area contributed by atoms with E-state index < -0.39 is 18.6 Å². The van der Waals surface area contributed by atoms with Crippen molar-refractivity contribution < 1.29 is 13.2 Å². The van der Waals surface area contributed by atoms with E-state index in [0.717, 1.165) is 0 Å². The molecule has 0 heterocycles. The van der Waals surface area contributed by atoms with Gasteiger partial charge in [-0.15, -0.1) is 0 Å². The molecule has 5 heteroatoms. The van der Waals surface area contributed by atoms with Crippen LogP contribution < -0.4 is 5.73 Å². The van der Waals surface area contributed by atoms with Crippen molar-refractivity contribution in [2.24, 2.45) is 5.73 Å². The van der Waals surface area contributed by atoms with Crippen molar-refractivity contribution >= 4 is 15.9 Å². The predicted octanol–water partition coefficient (Wildman–Crippen LogP) is 3.36. The molecule has 1 atom stereocenters. The van der Waals surface area contributed by atoms with Gasteiger partial charge in [0.05, 0.1) is 5.92 Å². The van der Waals surface area contributed by atoms with Gasteiger partial charge in [0.25, 0.3) is 0 Å². The second-order valence-electron chi connectivity index (χ2n) is 3.28. The zero-order chi connectivity index (χ0) is 11.6. The fraction of sp³-hybridized carbons (Fsp3) is 0.400. The van der Waals surface area contributed by atoms with Crippen LogP contribution in [0.1, 0.15) is 17.0 Å². The maximum Gasteiger partial charge on any atom is 0.396 e. The van der Waals surface area contributed by atoms with Crippen LogP contribution >= 0.6 is 15.9 Å². The highest BCUT2D eigenvalue weighted by Crippen LogP contribution is 2.36. The maximum atomic E-state index is 12.6. The minimum absolute atomic E-state index is 0.236. The summed E-state index contributed by atoms with van der Waals surface area (Å²) < 4.78 is 38.5. The van der Waals surface area contributed by atoms with E-state index in [1.54, 1.807) is 19.1 Å². The lowest BCUT2D eigenvalue weighted by molar-refractivity contribution is -0.148. The van der Waals surface area contributed by atoms with E-state index in [2.05, 4.69) is 15.9 Å². The molecule has 0 aromatic heterocycles. The number of rotatable bonds is 2. The molecule has 0 aliphatic heterocycles. The molecule has 1 unspecified atom stereocenters. The molecule has 0 amide bonds. The lowest BCUT2D eigenvalue weighted by atomic mass is 9.94. The van der Waals surface area contributed by atoms with Crippen molar-refractivity contribution in [3.8, 4) is 0 Å². The molecule has 0 radical (unpaired) electrons. The van der Waals surface area contributed by atoms with Gasteiger partial charge in [0.1, 0.15) is 0 Å². The van der Waals surface area contributed by atoms with Crippen molar-refractivity contribution in [2.75, 3.05) is 6.54 Å². The van der Waals surface area contributed by atoms with Crippen LogP contribution in [0.4, 0.5) is 13.2 Å². The molecule has 2 N–H and O–H groups in total. The third-order valence-corrected chi connectivity index (χ3v) is 3.17. The van der Waals surface area contributed by atoms with E-state index in [-0.39, 0.29) is 5.56 Å². The first-order chi connectivity index (χ1) is 6.88. The molecule has 84 valence electrons. The Morgan fingerprint density at radius 2 is 2.00 bits per heavy atom. The van der Waals surface area contributed by atoms with E-state index >= 15 is 0 Å². The molecule has 1 aromatic rings. The Balaban J connectivity index is 3.19. The Hall–Kier alpha value is -0.550. The van der Waals surface area contributed by atoms with Crippen molar-refractivity contribution in [2.45, 2.75) is 19.0 Å². The van der Waals surface area contributed by atoms with Gasteiger partial charge in [-0.25, -0.2) is 0 Å². The van der Waals surface area contributed by atoms with Gasteiger partial charge >= 0.3 is 6.18 Å². The molecule has 0 fully saturated rings. The van der Waals surface area contributed by atoms with E-state index in [9.17, 15) is 13.2 Å². The summed E-state index contributed by atoms with van der Waals surface area (Å²) >= 11 is 3.20. The van der Waals surface area contributed by atoms with Gasteiger partial charge in [-0.1, -0.05) is 28.1 Å². The molecule has 0 aliphatic rings. The minimum Gasteiger partial charge on any atom is -0.330 e. The van der Waals surface area contributed by atoms with Crippen molar-refractivity contribution in [1.82, 2.24) is 0 Å². The van der Waals surface area contributed by atoms with Gasteiger partial charge in [-0.2, -0.15) is 13.2 Å². The Bertz CT molecular complexity index is 349. The van der Waals surface area contributed by atoms with Crippen LogP contribution in [0.15, 0.2) is 22.7 Å². The smallest absolute Gasteiger partial charge is 0.330 e. The van der Waals surface area contributed by atoms with E-state index in [4.69, 9.17) is 5.73 Å². The maximum absolute atomic E-state index is 12.6. The number of alkyl halides is 3. The number of hydrogen-bond donors (Lipinski definition) is 1. The topological polar surface area (TPSA) is 26.0 Å². The van der Waals surface area contributed by atoms with Crippen molar-refractivity contribution in [1.29, 1.82) is 0 Å². The quantitative estimate of drug-likeness (QED) is 0.884. The Kier molecular flexibility index (Phi) is 3.78. The normalized spacial score (nSPS) is 14.0.